The first-order valence-electron chi connectivity index (χ1n) is 2.94. The second-order valence-corrected chi connectivity index (χ2v) is 1.79. The molecule has 0 aliphatic heterocycles. The van der Waals surface area contributed by atoms with Crippen molar-refractivity contribution in [1.82, 2.24) is 4.73 Å². The molecular weight excluding hydrogens is 134 g/mol. The van der Waals surface area contributed by atoms with Crippen molar-refractivity contribution in [2.75, 3.05) is 13.2 Å². The van der Waals surface area contributed by atoms with E-state index in [4.69, 9.17) is 15.1 Å². The summed E-state index contributed by atoms with van der Waals surface area (Å²) in [5.74, 6) is 0.151. The van der Waals surface area contributed by atoms with Crippen LogP contribution in [0.4, 0.5) is 0 Å². The highest BCUT2D eigenvalue weighted by atomic mass is 16.7. The average molecular weight is 143 g/mol. The summed E-state index contributed by atoms with van der Waals surface area (Å²) < 4.78 is 1.34. The second-order valence-electron chi connectivity index (χ2n) is 1.79. The van der Waals surface area contributed by atoms with Crippen LogP contribution in [0, 0.1) is 0 Å². The topological polar surface area (TPSA) is 54.6 Å². The number of nitrogens with zero attached hydrogens (tertiary/aromatic N) is 1. The van der Waals surface area contributed by atoms with Crippen molar-refractivity contribution in [3.05, 3.63) is 18.5 Å². The third-order valence-electron chi connectivity index (χ3n) is 0.983. The fourth-order valence-corrected chi connectivity index (χ4v) is 0.593. The van der Waals surface area contributed by atoms with E-state index in [1.165, 1.54) is 17.0 Å². The van der Waals surface area contributed by atoms with Crippen LogP contribution in [0.15, 0.2) is 18.5 Å². The number of aliphatic hydroxyl groups excluding tert-OH is 1. The minimum atomic E-state index is -0.0288. The number of aromatic hydroxyl groups is 1. The van der Waals surface area contributed by atoms with Crippen LogP contribution >= 0.6 is 0 Å². The standard InChI is InChI=1S/C6H9NO3/c8-3-4-10-7-2-1-6(9)5-7/h1-2,5,8-9H,3-4H2. The summed E-state index contributed by atoms with van der Waals surface area (Å²) in [4.78, 5) is 4.88. The molecule has 0 fully saturated rings. The molecule has 1 aromatic heterocycles. The van der Waals surface area contributed by atoms with E-state index in [2.05, 4.69) is 0 Å². The zero-order valence-electron chi connectivity index (χ0n) is 5.40. The third-order valence-corrected chi connectivity index (χ3v) is 0.983. The molecule has 0 aliphatic rings. The van der Waals surface area contributed by atoms with Crippen LogP contribution in [0.5, 0.6) is 5.75 Å². The Morgan fingerprint density at radius 3 is 2.90 bits per heavy atom. The first-order valence-corrected chi connectivity index (χ1v) is 2.94. The van der Waals surface area contributed by atoms with Crippen molar-refractivity contribution in [1.29, 1.82) is 0 Å². The molecule has 1 rings (SSSR count). The van der Waals surface area contributed by atoms with Crippen molar-refractivity contribution < 1.29 is 15.1 Å². The molecule has 0 saturated heterocycles. The molecule has 0 atom stereocenters. The zero-order chi connectivity index (χ0) is 7.40. The highest BCUT2D eigenvalue weighted by Crippen LogP contribution is 2.05. The van der Waals surface area contributed by atoms with Gasteiger partial charge in [-0.1, -0.05) is 0 Å². The van der Waals surface area contributed by atoms with Crippen LogP contribution in [0.3, 0.4) is 0 Å². The van der Waals surface area contributed by atoms with E-state index in [1.807, 2.05) is 0 Å². The lowest BCUT2D eigenvalue weighted by Gasteiger charge is -2.01. The molecule has 2 N–H and O–H groups in total. The summed E-state index contributed by atoms with van der Waals surface area (Å²) in [5, 5.41) is 17.1. The molecule has 0 aromatic carbocycles. The van der Waals surface area contributed by atoms with Gasteiger partial charge in [0.15, 0.2) is 0 Å². The van der Waals surface area contributed by atoms with Gasteiger partial charge in [-0.3, -0.25) is 0 Å². The van der Waals surface area contributed by atoms with Gasteiger partial charge in [0, 0.05) is 12.3 Å². The molecule has 1 aromatic rings. The van der Waals surface area contributed by atoms with Crippen molar-refractivity contribution in [2.24, 2.45) is 0 Å². The van der Waals surface area contributed by atoms with E-state index >= 15 is 0 Å². The predicted molar refractivity (Wildman–Crippen MR) is 34.6 cm³/mol. The van der Waals surface area contributed by atoms with Crippen LogP contribution in [-0.2, 0) is 0 Å². The van der Waals surface area contributed by atoms with Crippen LogP contribution in [-0.4, -0.2) is 28.2 Å². The summed E-state index contributed by atoms with van der Waals surface area (Å²) >= 11 is 0. The van der Waals surface area contributed by atoms with Gasteiger partial charge in [-0.15, -0.1) is 0 Å². The van der Waals surface area contributed by atoms with E-state index in [9.17, 15) is 0 Å². The summed E-state index contributed by atoms with van der Waals surface area (Å²) in [6.07, 6.45) is 2.97. The normalized spacial score (nSPS) is 9.70. The molecule has 0 radical (unpaired) electrons. The summed E-state index contributed by atoms with van der Waals surface area (Å²) in [6, 6.07) is 1.50. The lowest BCUT2D eigenvalue weighted by molar-refractivity contribution is 0.0756. The first kappa shape index (κ1) is 6.95. The fourth-order valence-electron chi connectivity index (χ4n) is 0.593. The highest BCUT2D eigenvalue weighted by molar-refractivity contribution is 5.13. The van der Waals surface area contributed by atoms with Crippen molar-refractivity contribution in [2.45, 2.75) is 0 Å². The minimum Gasteiger partial charge on any atom is -0.506 e. The number of hydrogen-bond donors (Lipinski definition) is 2. The van der Waals surface area contributed by atoms with Gasteiger partial charge in [-0.25, -0.2) is 0 Å². The van der Waals surface area contributed by atoms with Crippen molar-refractivity contribution in [3.63, 3.8) is 0 Å². The van der Waals surface area contributed by atoms with Gasteiger partial charge in [-0.05, 0) is 0 Å². The lowest BCUT2D eigenvalue weighted by Crippen LogP contribution is -2.12. The van der Waals surface area contributed by atoms with E-state index < -0.39 is 0 Å². The van der Waals surface area contributed by atoms with Gasteiger partial charge < -0.3 is 15.1 Å². The molecular formula is C6H9NO3. The van der Waals surface area contributed by atoms with Gasteiger partial charge in [0.25, 0.3) is 0 Å². The maximum atomic E-state index is 8.79. The van der Waals surface area contributed by atoms with Crippen LogP contribution in [0.2, 0.25) is 0 Å². The number of hydrogen-bond acceptors (Lipinski definition) is 3. The molecule has 0 saturated carbocycles. The third kappa shape index (κ3) is 1.66. The largest absolute Gasteiger partial charge is 0.506 e. The first-order chi connectivity index (χ1) is 4.83. The fraction of sp³-hybridized carbons (Fsp3) is 0.333. The molecule has 0 aliphatic carbocycles. The van der Waals surface area contributed by atoms with E-state index in [0.717, 1.165) is 0 Å². The minimum absolute atomic E-state index is 0.0288. The Hall–Kier alpha value is -1.16. The molecule has 0 unspecified atom stereocenters. The SMILES string of the molecule is OCCOn1ccc(O)c1. The maximum absolute atomic E-state index is 8.79. The molecule has 56 valence electrons. The Kier molecular flexibility index (Phi) is 2.17. The Bertz CT molecular complexity index is 197. The molecule has 0 amide bonds. The molecule has 4 heteroatoms. The van der Waals surface area contributed by atoms with Gasteiger partial charge in [-0.2, -0.15) is 4.73 Å². The van der Waals surface area contributed by atoms with Crippen molar-refractivity contribution >= 4 is 0 Å². The molecule has 1 heterocycles. The average Bonchev–Trinajstić information content (AvgIpc) is 2.31. The predicted octanol–water partition coefficient (Wildman–Crippen LogP) is -0.385. The monoisotopic (exact) mass is 143 g/mol. The summed E-state index contributed by atoms with van der Waals surface area (Å²) in [5.41, 5.74) is 0. The number of aromatic nitrogens is 1. The van der Waals surface area contributed by atoms with E-state index in [0.29, 0.717) is 0 Å². The lowest BCUT2D eigenvalue weighted by atomic mass is 10.6. The molecule has 10 heavy (non-hydrogen) atoms. The number of aliphatic hydroxyl groups is 1. The zero-order valence-corrected chi connectivity index (χ0v) is 5.40. The van der Waals surface area contributed by atoms with Crippen LogP contribution < -0.4 is 4.84 Å². The van der Waals surface area contributed by atoms with Crippen LogP contribution in [0.25, 0.3) is 0 Å². The highest BCUT2D eigenvalue weighted by Gasteiger charge is 1.91. The van der Waals surface area contributed by atoms with Gasteiger partial charge in [0.05, 0.1) is 12.8 Å². The smallest absolute Gasteiger partial charge is 0.138 e. The Morgan fingerprint density at radius 1 is 1.60 bits per heavy atom. The molecule has 4 nitrogen and oxygen atoms in total. The van der Waals surface area contributed by atoms with Crippen molar-refractivity contribution in [3.8, 4) is 5.75 Å². The Balaban J connectivity index is 2.42. The Morgan fingerprint density at radius 2 is 2.40 bits per heavy atom. The van der Waals surface area contributed by atoms with E-state index in [1.54, 1.807) is 6.20 Å². The van der Waals surface area contributed by atoms with Gasteiger partial charge >= 0.3 is 0 Å². The molecule has 0 spiro atoms. The maximum Gasteiger partial charge on any atom is 0.138 e. The van der Waals surface area contributed by atoms with Gasteiger partial charge in [0.2, 0.25) is 0 Å². The second kappa shape index (κ2) is 3.12. The molecule has 0 bridgehead atoms. The van der Waals surface area contributed by atoms with Crippen LogP contribution in [0.1, 0.15) is 0 Å². The summed E-state index contributed by atoms with van der Waals surface area (Å²) in [7, 11) is 0. The number of rotatable bonds is 3. The van der Waals surface area contributed by atoms with E-state index in [-0.39, 0.29) is 19.0 Å². The Labute approximate surface area is 58.2 Å². The summed E-state index contributed by atoms with van der Waals surface area (Å²) in [6.45, 7) is 0.201. The quantitative estimate of drug-likeness (QED) is 0.606. The van der Waals surface area contributed by atoms with Gasteiger partial charge in [0.1, 0.15) is 12.4 Å².